The number of cyclic esters (lactones) is 1. The molecule has 0 spiro atoms. The van der Waals surface area contributed by atoms with E-state index in [-0.39, 0.29) is 18.6 Å². The molecule has 2 aromatic carbocycles. The highest BCUT2D eigenvalue weighted by atomic mass is 16.6. The molecule has 0 radical (unpaired) electrons. The second-order valence-corrected chi connectivity index (χ2v) is 7.01. The number of aliphatic imine (C=N–C) groups is 1. The molecule has 0 aliphatic carbocycles. The Hall–Kier alpha value is -3.15. The summed E-state index contributed by atoms with van der Waals surface area (Å²) in [5, 5.41) is 0. The largest absolute Gasteiger partial charge is 0.476 e. The topological polar surface area (TPSA) is 68.2 Å². The molecular formula is C22H22N2O4. The molecule has 28 heavy (non-hydrogen) atoms. The van der Waals surface area contributed by atoms with Gasteiger partial charge < -0.3 is 9.47 Å². The summed E-state index contributed by atoms with van der Waals surface area (Å²) in [6, 6.07) is 17.1. The number of hydrogen-bond donors (Lipinski definition) is 0. The van der Waals surface area contributed by atoms with Gasteiger partial charge >= 0.3 is 6.09 Å². The van der Waals surface area contributed by atoms with E-state index in [1.165, 1.54) is 4.90 Å². The van der Waals surface area contributed by atoms with Crippen LogP contribution in [0.5, 0.6) is 0 Å². The standard InChI is InChI=1S/C22H22N2O4/c1-15(17-8-5-9-18(13-17)20-23-10-11-27-20)21(25)24-19(14-28-22(24)26)12-16-6-3-2-4-7-16/h2-9,13,15,19H,10-12,14H2,1H3/t15?,19-/m1/s1. The summed E-state index contributed by atoms with van der Waals surface area (Å²) in [5.74, 6) is -0.134. The lowest BCUT2D eigenvalue weighted by molar-refractivity contribution is -0.130. The maximum absolute atomic E-state index is 13.2. The normalized spacial score (nSPS) is 19.8. The Morgan fingerprint density at radius 3 is 2.75 bits per heavy atom. The SMILES string of the molecule is CC(C(=O)N1C(=O)OC[C@H]1Cc1ccccc1)c1cccc(C2=NCCO2)c1. The highest BCUT2D eigenvalue weighted by Gasteiger charge is 2.40. The smallest absolute Gasteiger partial charge is 0.417 e. The number of rotatable bonds is 5. The molecule has 1 unspecified atom stereocenters. The van der Waals surface area contributed by atoms with E-state index in [1.54, 1.807) is 0 Å². The first-order valence-corrected chi connectivity index (χ1v) is 9.45. The van der Waals surface area contributed by atoms with Crippen LogP contribution >= 0.6 is 0 Å². The third-order valence-electron chi connectivity index (χ3n) is 5.10. The van der Waals surface area contributed by atoms with Crippen molar-refractivity contribution in [3.63, 3.8) is 0 Å². The van der Waals surface area contributed by atoms with E-state index in [0.29, 0.717) is 25.5 Å². The summed E-state index contributed by atoms with van der Waals surface area (Å²) in [7, 11) is 0. The minimum Gasteiger partial charge on any atom is -0.476 e. The van der Waals surface area contributed by atoms with Crippen molar-refractivity contribution >= 4 is 17.9 Å². The van der Waals surface area contributed by atoms with E-state index >= 15 is 0 Å². The number of carbonyl (C=O) groups excluding carboxylic acids is 2. The Labute approximate surface area is 163 Å². The first-order valence-electron chi connectivity index (χ1n) is 9.45. The summed E-state index contributed by atoms with van der Waals surface area (Å²) < 4.78 is 10.7. The highest BCUT2D eigenvalue weighted by molar-refractivity contribution is 5.98. The van der Waals surface area contributed by atoms with Crippen molar-refractivity contribution in [1.82, 2.24) is 4.90 Å². The molecule has 1 fully saturated rings. The fraction of sp³-hybridized carbons (Fsp3) is 0.318. The van der Waals surface area contributed by atoms with Gasteiger partial charge in [-0.25, -0.2) is 14.7 Å². The molecule has 144 valence electrons. The van der Waals surface area contributed by atoms with Gasteiger partial charge in [0.2, 0.25) is 11.8 Å². The Balaban J connectivity index is 1.53. The Kier molecular flexibility index (Phi) is 5.10. The number of ether oxygens (including phenoxy) is 2. The molecule has 6 nitrogen and oxygen atoms in total. The van der Waals surface area contributed by atoms with E-state index in [0.717, 1.165) is 16.7 Å². The van der Waals surface area contributed by atoms with Gasteiger partial charge in [0.15, 0.2) is 0 Å². The minimum absolute atomic E-state index is 0.219. The third kappa shape index (κ3) is 3.63. The van der Waals surface area contributed by atoms with Crippen LogP contribution in [0.3, 0.4) is 0 Å². The van der Waals surface area contributed by atoms with E-state index in [9.17, 15) is 9.59 Å². The van der Waals surface area contributed by atoms with Crippen LogP contribution in [-0.2, 0) is 20.7 Å². The molecule has 2 aromatic rings. The average Bonchev–Trinajstić information content (AvgIpc) is 3.38. The van der Waals surface area contributed by atoms with Gasteiger partial charge in [-0.05, 0) is 36.6 Å². The molecule has 6 heteroatoms. The molecule has 2 heterocycles. The number of nitrogens with zero attached hydrogens (tertiary/aromatic N) is 2. The van der Waals surface area contributed by atoms with Gasteiger partial charge in [0.25, 0.3) is 0 Å². The predicted octanol–water partition coefficient (Wildman–Crippen LogP) is 3.16. The van der Waals surface area contributed by atoms with Crippen molar-refractivity contribution in [2.45, 2.75) is 25.3 Å². The van der Waals surface area contributed by atoms with E-state index in [2.05, 4.69) is 4.99 Å². The maximum Gasteiger partial charge on any atom is 0.417 e. The molecule has 2 aliphatic heterocycles. The number of amides is 2. The van der Waals surface area contributed by atoms with Gasteiger partial charge in [0.1, 0.15) is 13.2 Å². The number of benzene rings is 2. The molecule has 2 aliphatic rings. The lowest BCUT2D eigenvalue weighted by Gasteiger charge is -2.23. The molecule has 0 bridgehead atoms. The van der Waals surface area contributed by atoms with Crippen molar-refractivity contribution in [2.24, 2.45) is 4.99 Å². The first kappa shape index (κ1) is 18.2. The summed E-state index contributed by atoms with van der Waals surface area (Å²) in [6.45, 7) is 3.25. The van der Waals surface area contributed by atoms with Gasteiger partial charge in [-0.15, -0.1) is 0 Å². The quantitative estimate of drug-likeness (QED) is 0.802. The lowest BCUT2D eigenvalue weighted by atomic mass is 9.96. The predicted molar refractivity (Wildman–Crippen MR) is 104 cm³/mol. The van der Waals surface area contributed by atoms with Gasteiger partial charge in [-0.2, -0.15) is 0 Å². The summed E-state index contributed by atoms with van der Waals surface area (Å²) in [4.78, 5) is 31.0. The van der Waals surface area contributed by atoms with E-state index in [1.807, 2.05) is 61.5 Å². The zero-order chi connectivity index (χ0) is 19.5. The average molecular weight is 378 g/mol. The number of hydrogen-bond acceptors (Lipinski definition) is 5. The van der Waals surface area contributed by atoms with Crippen LogP contribution in [0.25, 0.3) is 0 Å². The monoisotopic (exact) mass is 378 g/mol. The van der Waals surface area contributed by atoms with Gasteiger partial charge in [-0.3, -0.25) is 4.79 Å². The summed E-state index contributed by atoms with van der Waals surface area (Å²) in [5.41, 5.74) is 2.73. The second-order valence-electron chi connectivity index (χ2n) is 7.01. The zero-order valence-electron chi connectivity index (χ0n) is 15.7. The van der Waals surface area contributed by atoms with Gasteiger partial charge in [0, 0.05) is 5.56 Å². The van der Waals surface area contributed by atoms with Crippen molar-refractivity contribution in [1.29, 1.82) is 0 Å². The molecule has 0 N–H and O–H groups in total. The van der Waals surface area contributed by atoms with Gasteiger partial charge in [-0.1, -0.05) is 42.5 Å². The van der Waals surface area contributed by atoms with Crippen LogP contribution in [0.15, 0.2) is 59.6 Å². The maximum atomic E-state index is 13.2. The van der Waals surface area contributed by atoms with Crippen LogP contribution in [0, 0.1) is 0 Å². The fourth-order valence-corrected chi connectivity index (χ4v) is 3.57. The Morgan fingerprint density at radius 1 is 1.18 bits per heavy atom. The first-order chi connectivity index (χ1) is 13.6. The Morgan fingerprint density at radius 2 is 2.00 bits per heavy atom. The fourth-order valence-electron chi connectivity index (χ4n) is 3.57. The molecule has 4 rings (SSSR count). The van der Waals surface area contributed by atoms with Crippen LogP contribution in [0.2, 0.25) is 0 Å². The van der Waals surface area contributed by atoms with Gasteiger partial charge in [0.05, 0.1) is 18.5 Å². The minimum atomic E-state index is -0.572. The summed E-state index contributed by atoms with van der Waals surface area (Å²) in [6.07, 6.45) is 0.00728. The summed E-state index contributed by atoms with van der Waals surface area (Å²) >= 11 is 0. The number of carbonyl (C=O) groups is 2. The van der Waals surface area contributed by atoms with Crippen molar-refractivity contribution in [3.05, 3.63) is 71.3 Å². The molecular weight excluding hydrogens is 356 g/mol. The zero-order valence-corrected chi connectivity index (χ0v) is 15.7. The third-order valence-corrected chi connectivity index (χ3v) is 5.10. The van der Waals surface area contributed by atoms with Crippen molar-refractivity contribution < 1.29 is 19.1 Å². The van der Waals surface area contributed by atoms with Crippen LogP contribution < -0.4 is 0 Å². The van der Waals surface area contributed by atoms with Crippen LogP contribution in [-0.4, -0.2) is 48.6 Å². The number of imide groups is 1. The van der Waals surface area contributed by atoms with E-state index in [4.69, 9.17) is 9.47 Å². The van der Waals surface area contributed by atoms with Crippen molar-refractivity contribution in [3.8, 4) is 0 Å². The second kappa shape index (κ2) is 7.84. The van der Waals surface area contributed by atoms with Crippen molar-refractivity contribution in [2.75, 3.05) is 19.8 Å². The molecule has 1 saturated heterocycles. The Bertz CT molecular complexity index is 910. The lowest BCUT2D eigenvalue weighted by Crippen LogP contribution is -2.42. The van der Waals surface area contributed by atoms with Crippen LogP contribution in [0.4, 0.5) is 4.79 Å². The molecule has 2 atom stereocenters. The van der Waals surface area contributed by atoms with Crippen LogP contribution in [0.1, 0.15) is 29.5 Å². The highest BCUT2D eigenvalue weighted by Crippen LogP contribution is 2.25. The van der Waals surface area contributed by atoms with E-state index < -0.39 is 12.0 Å². The molecule has 2 amide bonds. The molecule has 0 aromatic heterocycles. The molecule has 0 saturated carbocycles.